The summed E-state index contributed by atoms with van der Waals surface area (Å²) in [7, 11) is -3.44. The van der Waals surface area contributed by atoms with E-state index in [1.807, 2.05) is 9.80 Å². The molecule has 0 saturated carbocycles. The Morgan fingerprint density at radius 2 is 1.83 bits per heavy atom. The highest BCUT2D eigenvalue weighted by atomic mass is 32.2. The van der Waals surface area contributed by atoms with E-state index >= 15 is 0 Å². The number of sulfone groups is 1. The van der Waals surface area contributed by atoms with E-state index in [0.29, 0.717) is 70.5 Å². The van der Waals surface area contributed by atoms with Gasteiger partial charge < -0.3 is 19.3 Å². The lowest BCUT2D eigenvalue weighted by Gasteiger charge is -2.34. The number of nitrogens with zero attached hydrogens (tertiary/aromatic N) is 4. The second kappa shape index (κ2) is 8.53. The first-order valence-corrected chi connectivity index (χ1v) is 12.1. The second-order valence-corrected chi connectivity index (χ2v) is 9.88. The quantitative estimate of drug-likeness (QED) is 0.693. The summed E-state index contributed by atoms with van der Waals surface area (Å²) in [5, 5.41) is 0. The Hall–Kier alpha value is -1.78. The van der Waals surface area contributed by atoms with Crippen LogP contribution in [0.15, 0.2) is 11.1 Å². The molecule has 29 heavy (non-hydrogen) atoms. The lowest BCUT2D eigenvalue weighted by Crippen LogP contribution is -2.43. The summed E-state index contributed by atoms with van der Waals surface area (Å²) in [5.41, 5.74) is 0.577. The molecule has 3 saturated heterocycles. The van der Waals surface area contributed by atoms with Crippen molar-refractivity contribution in [3.05, 3.63) is 11.9 Å². The van der Waals surface area contributed by atoms with Crippen LogP contribution < -0.4 is 4.90 Å². The number of anilines is 1. The number of hydrogen-bond acceptors (Lipinski definition) is 8. The minimum absolute atomic E-state index is 0.0175. The Balaban J connectivity index is 1.52. The van der Waals surface area contributed by atoms with Crippen LogP contribution in [0.4, 0.5) is 5.95 Å². The Bertz CT molecular complexity index is 842. The molecule has 10 heteroatoms. The van der Waals surface area contributed by atoms with E-state index < -0.39 is 9.84 Å². The molecule has 1 amide bonds. The van der Waals surface area contributed by atoms with Crippen molar-refractivity contribution in [3.8, 4) is 0 Å². The largest absolute Gasteiger partial charge is 0.378 e. The van der Waals surface area contributed by atoms with Crippen LogP contribution in [-0.4, -0.2) is 87.6 Å². The predicted molar refractivity (Wildman–Crippen MR) is 106 cm³/mol. The molecule has 0 unspecified atom stereocenters. The summed E-state index contributed by atoms with van der Waals surface area (Å²) in [6.45, 7) is 4.41. The van der Waals surface area contributed by atoms with Crippen molar-refractivity contribution in [1.82, 2.24) is 14.9 Å². The number of rotatable bonds is 4. The fraction of sp³-hybridized carbons (Fsp3) is 0.737. The van der Waals surface area contributed by atoms with E-state index in [4.69, 9.17) is 9.47 Å². The number of morpholine rings is 1. The Labute approximate surface area is 171 Å². The highest BCUT2D eigenvalue weighted by molar-refractivity contribution is 7.90. The van der Waals surface area contributed by atoms with Crippen molar-refractivity contribution in [2.45, 2.75) is 42.6 Å². The zero-order valence-electron chi connectivity index (χ0n) is 16.7. The van der Waals surface area contributed by atoms with Crippen molar-refractivity contribution in [2.75, 3.05) is 57.2 Å². The Morgan fingerprint density at radius 3 is 2.45 bits per heavy atom. The summed E-state index contributed by atoms with van der Waals surface area (Å²) < 4.78 is 35.6. The van der Waals surface area contributed by atoms with Crippen LogP contribution in [0.25, 0.3) is 0 Å². The molecule has 3 aliphatic heterocycles. The second-order valence-electron chi connectivity index (χ2n) is 7.89. The normalized spacial score (nSPS) is 24.1. The zero-order valence-corrected chi connectivity index (χ0v) is 17.6. The van der Waals surface area contributed by atoms with E-state index in [-0.39, 0.29) is 22.8 Å². The van der Waals surface area contributed by atoms with E-state index in [1.54, 1.807) is 0 Å². The predicted octanol–water partition coefficient (Wildman–Crippen LogP) is 0.602. The summed E-state index contributed by atoms with van der Waals surface area (Å²) in [6, 6.07) is 0. The van der Waals surface area contributed by atoms with Gasteiger partial charge in [-0.2, -0.15) is 0 Å². The Kier molecular flexibility index (Phi) is 6.03. The lowest BCUT2D eigenvalue weighted by atomic mass is 9.93. The number of aromatic nitrogens is 2. The van der Waals surface area contributed by atoms with Crippen molar-refractivity contribution in [3.63, 3.8) is 0 Å². The molecular weight excluding hydrogens is 396 g/mol. The molecular formula is C19H28N4O5S. The molecule has 0 bridgehead atoms. The van der Waals surface area contributed by atoms with Crippen molar-refractivity contribution < 1.29 is 22.7 Å². The number of piperidine rings is 1. The van der Waals surface area contributed by atoms with Gasteiger partial charge in [-0.1, -0.05) is 0 Å². The van der Waals surface area contributed by atoms with Gasteiger partial charge in [0.15, 0.2) is 9.84 Å². The van der Waals surface area contributed by atoms with Gasteiger partial charge in [0.1, 0.15) is 11.0 Å². The highest BCUT2D eigenvalue weighted by Crippen LogP contribution is 2.32. The van der Waals surface area contributed by atoms with Crippen LogP contribution in [0.5, 0.6) is 0 Å². The molecule has 0 aromatic carbocycles. The first-order chi connectivity index (χ1) is 13.9. The van der Waals surface area contributed by atoms with Crippen molar-refractivity contribution >= 4 is 21.7 Å². The van der Waals surface area contributed by atoms with Gasteiger partial charge in [-0.05, 0) is 25.7 Å². The Morgan fingerprint density at radius 1 is 1.10 bits per heavy atom. The third kappa shape index (κ3) is 4.54. The number of likely N-dealkylation sites (tertiary alicyclic amines) is 1. The molecule has 0 radical (unpaired) electrons. The molecule has 3 aliphatic rings. The third-order valence-electron chi connectivity index (χ3n) is 5.86. The summed E-state index contributed by atoms with van der Waals surface area (Å²) >= 11 is 0. The van der Waals surface area contributed by atoms with Gasteiger partial charge in [0.05, 0.1) is 25.1 Å². The van der Waals surface area contributed by atoms with E-state index in [9.17, 15) is 13.2 Å². The molecule has 0 spiro atoms. The van der Waals surface area contributed by atoms with Crippen LogP contribution in [-0.2, 0) is 24.1 Å². The lowest BCUT2D eigenvalue weighted by molar-refractivity contribution is -0.142. The molecule has 1 atom stereocenters. The molecule has 4 rings (SSSR count). The van der Waals surface area contributed by atoms with Gasteiger partial charge in [0.25, 0.3) is 5.91 Å². The first-order valence-electron chi connectivity index (χ1n) is 10.2. The molecule has 0 N–H and O–H groups in total. The van der Waals surface area contributed by atoms with Gasteiger partial charge in [-0.3, -0.25) is 4.79 Å². The molecule has 0 aliphatic carbocycles. The number of carbonyl (C=O) groups excluding carboxylic acids is 1. The van der Waals surface area contributed by atoms with Gasteiger partial charge in [-0.15, -0.1) is 0 Å². The summed E-state index contributed by atoms with van der Waals surface area (Å²) in [5.74, 6) is 0.589. The van der Waals surface area contributed by atoms with Gasteiger partial charge >= 0.3 is 0 Å². The standard InChI is InChI=1S/C19H28N4O5S/c1-29(25,26)16-13-20-19(23-8-11-27-12-9-23)21-17(16)14-4-6-22(7-5-14)18(24)15-3-2-10-28-15/h13-15H,2-12H2,1H3/t15-/m0/s1. The number of carbonyl (C=O) groups is 1. The van der Waals surface area contributed by atoms with Gasteiger partial charge in [0.2, 0.25) is 5.95 Å². The van der Waals surface area contributed by atoms with Crippen LogP contribution >= 0.6 is 0 Å². The molecule has 160 valence electrons. The van der Waals surface area contributed by atoms with Gasteiger partial charge in [-0.25, -0.2) is 18.4 Å². The highest BCUT2D eigenvalue weighted by Gasteiger charge is 2.33. The fourth-order valence-corrected chi connectivity index (χ4v) is 5.05. The number of amides is 1. The number of ether oxygens (including phenoxy) is 2. The van der Waals surface area contributed by atoms with Gasteiger partial charge in [0, 0.05) is 45.0 Å². The maximum atomic E-state index is 12.6. The van der Waals surface area contributed by atoms with E-state index in [0.717, 1.165) is 12.8 Å². The van der Waals surface area contributed by atoms with Crippen molar-refractivity contribution in [2.24, 2.45) is 0 Å². The smallest absolute Gasteiger partial charge is 0.251 e. The first kappa shape index (κ1) is 20.5. The van der Waals surface area contributed by atoms with E-state index in [1.165, 1.54) is 12.5 Å². The minimum atomic E-state index is -3.44. The maximum absolute atomic E-state index is 12.6. The monoisotopic (exact) mass is 424 g/mol. The average molecular weight is 425 g/mol. The maximum Gasteiger partial charge on any atom is 0.251 e. The van der Waals surface area contributed by atoms with Crippen LogP contribution in [0.3, 0.4) is 0 Å². The zero-order chi connectivity index (χ0) is 20.4. The fourth-order valence-electron chi connectivity index (χ4n) is 4.22. The molecule has 3 fully saturated rings. The topological polar surface area (TPSA) is 102 Å². The molecule has 1 aromatic rings. The molecule has 9 nitrogen and oxygen atoms in total. The van der Waals surface area contributed by atoms with Crippen LogP contribution in [0.1, 0.15) is 37.3 Å². The average Bonchev–Trinajstić information content (AvgIpc) is 3.28. The third-order valence-corrected chi connectivity index (χ3v) is 6.98. The minimum Gasteiger partial charge on any atom is -0.378 e. The van der Waals surface area contributed by atoms with Crippen LogP contribution in [0, 0.1) is 0 Å². The SMILES string of the molecule is CS(=O)(=O)c1cnc(N2CCOCC2)nc1C1CCN(C(=O)[C@@H]2CCCO2)CC1. The molecule has 4 heterocycles. The summed E-state index contributed by atoms with van der Waals surface area (Å²) in [4.78, 5) is 25.7. The summed E-state index contributed by atoms with van der Waals surface area (Å²) in [6.07, 6.45) is 5.39. The van der Waals surface area contributed by atoms with Crippen LogP contribution in [0.2, 0.25) is 0 Å². The van der Waals surface area contributed by atoms with Crippen molar-refractivity contribution in [1.29, 1.82) is 0 Å². The molecule has 1 aromatic heterocycles. The van der Waals surface area contributed by atoms with E-state index in [2.05, 4.69) is 9.97 Å². The number of hydrogen-bond donors (Lipinski definition) is 0.